The van der Waals surface area contributed by atoms with Crippen molar-refractivity contribution < 1.29 is 27.9 Å². The van der Waals surface area contributed by atoms with Gasteiger partial charge in [-0.05, 0) is 70.0 Å². The van der Waals surface area contributed by atoms with Crippen LogP contribution < -0.4 is 4.74 Å². The van der Waals surface area contributed by atoms with E-state index in [4.69, 9.17) is 14.5 Å². The Morgan fingerprint density at radius 2 is 1.84 bits per heavy atom. The average Bonchev–Trinajstić information content (AvgIpc) is 3.26. The lowest BCUT2D eigenvalue weighted by Crippen LogP contribution is -2.21. The molecule has 8 nitrogen and oxygen atoms in total. The van der Waals surface area contributed by atoms with Gasteiger partial charge in [-0.1, -0.05) is 12.1 Å². The number of ether oxygens (including phenoxy) is 1. The summed E-state index contributed by atoms with van der Waals surface area (Å²) in [4.78, 5) is 11.5. The number of carboxylic acid groups (broad SMARTS) is 1. The van der Waals surface area contributed by atoms with Gasteiger partial charge in [-0.25, -0.2) is 22.3 Å². The normalized spacial score (nSPS) is 12.2. The van der Waals surface area contributed by atoms with E-state index >= 15 is 0 Å². The van der Waals surface area contributed by atoms with E-state index in [0.717, 1.165) is 11.1 Å². The van der Waals surface area contributed by atoms with Gasteiger partial charge in [0.1, 0.15) is 33.6 Å². The molecule has 32 heavy (non-hydrogen) atoms. The number of aromatic nitrogens is 2. The van der Waals surface area contributed by atoms with Crippen molar-refractivity contribution in [3.05, 3.63) is 72.0 Å². The fourth-order valence-corrected chi connectivity index (χ4v) is 4.16. The van der Waals surface area contributed by atoms with E-state index in [-0.39, 0.29) is 0 Å². The topological polar surface area (TPSA) is 106 Å². The molecule has 4 aromatic rings. The molecule has 0 amide bonds. The minimum atomic E-state index is -1.49. The second-order valence-electron chi connectivity index (χ2n) is 6.97. The SMILES string of the molecule is CN(Cc1ccc(OCC(=O)O)c(-c2ccc3nonc3c2)c1)S(=O)c1ccc(F)cc1. The maximum absolute atomic E-state index is 13.2. The molecule has 10 heteroatoms. The zero-order valence-corrected chi connectivity index (χ0v) is 17.7. The van der Waals surface area contributed by atoms with Crippen molar-refractivity contribution in [3.63, 3.8) is 0 Å². The van der Waals surface area contributed by atoms with Crippen LogP contribution in [0.5, 0.6) is 5.75 Å². The summed E-state index contributed by atoms with van der Waals surface area (Å²) in [7, 11) is 0.206. The Morgan fingerprint density at radius 1 is 1.09 bits per heavy atom. The molecule has 1 N–H and O–H groups in total. The summed E-state index contributed by atoms with van der Waals surface area (Å²) in [6, 6.07) is 16.1. The summed E-state index contributed by atoms with van der Waals surface area (Å²) in [5, 5.41) is 16.6. The first-order valence-electron chi connectivity index (χ1n) is 9.49. The molecule has 1 heterocycles. The van der Waals surface area contributed by atoms with Crippen LogP contribution >= 0.6 is 0 Å². The second kappa shape index (κ2) is 9.25. The Kier molecular flexibility index (Phi) is 6.24. The number of hydrogen-bond acceptors (Lipinski definition) is 6. The third kappa shape index (κ3) is 4.82. The van der Waals surface area contributed by atoms with Gasteiger partial charge in [0.25, 0.3) is 0 Å². The molecule has 0 aliphatic carbocycles. The van der Waals surface area contributed by atoms with Crippen molar-refractivity contribution in [3.8, 4) is 16.9 Å². The number of nitrogens with zero attached hydrogens (tertiary/aromatic N) is 3. The van der Waals surface area contributed by atoms with Crippen LogP contribution in [0.4, 0.5) is 4.39 Å². The molecule has 0 aliphatic heterocycles. The number of hydrogen-bond donors (Lipinski definition) is 1. The van der Waals surface area contributed by atoms with Crippen LogP contribution in [0.3, 0.4) is 0 Å². The lowest BCUT2D eigenvalue weighted by Gasteiger charge is -2.18. The highest BCUT2D eigenvalue weighted by molar-refractivity contribution is 7.82. The Morgan fingerprint density at radius 3 is 2.59 bits per heavy atom. The van der Waals surface area contributed by atoms with Gasteiger partial charge >= 0.3 is 5.97 Å². The van der Waals surface area contributed by atoms with Gasteiger partial charge in [0.05, 0.1) is 4.90 Å². The Bertz CT molecular complexity index is 1290. The summed E-state index contributed by atoms with van der Waals surface area (Å²) < 4.78 is 37.8. The zero-order valence-electron chi connectivity index (χ0n) is 16.9. The molecule has 1 aromatic heterocycles. The number of carbonyl (C=O) groups is 1. The number of aliphatic carboxylic acids is 1. The molecule has 0 saturated heterocycles. The first-order chi connectivity index (χ1) is 15.4. The Labute approximate surface area is 184 Å². The highest BCUT2D eigenvalue weighted by Crippen LogP contribution is 2.33. The van der Waals surface area contributed by atoms with Crippen LogP contribution in [0.2, 0.25) is 0 Å². The minimum absolute atomic E-state index is 0.323. The van der Waals surface area contributed by atoms with E-state index in [1.807, 2.05) is 6.07 Å². The van der Waals surface area contributed by atoms with Gasteiger partial charge in [0, 0.05) is 19.2 Å². The highest BCUT2D eigenvalue weighted by Gasteiger charge is 2.15. The van der Waals surface area contributed by atoms with Gasteiger partial charge in [-0.3, -0.25) is 0 Å². The third-order valence-corrected chi connectivity index (χ3v) is 6.03. The lowest BCUT2D eigenvalue weighted by atomic mass is 10.0. The van der Waals surface area contributed by atoms with Gasteiger partial charge in [0.2, 0.25) is 0 Å². The summed E-state index contributed by atoms with van der Waals surface area (Å²) in [6.07, 6.45) is 0. The van der Waals surface area contributed by atoms with E-state index in [1.165, 1.54) is 24.3 Å². The molecular weight excluding hydrogens is 437 g/mol. The molecule has 1 unspecified atom stereocenters. The van der Waals surface area contributed by atoms with Gasteiger partial charge in [-0.15, -0.1) is 0 Å². The number of fused-ring (bicyclic) bond motifs is 1. The number of carboxylic acids is 1. The number of halogens is 1. The third-order valence-electron chi connectivity index (χ3n) is 4.66. The van der Waals surface area contributed by atoms with Crippen LogP contribution in [0.15, 0.2) is 70.2 Å². The molecule has 1 atom stereocenters. The maximum Gasteiger partial charge on any atom is 0.341 e. The number of rotatable bonds is 8. The summed E-state index contributed by atoms with van der Waals surface area (Å²) >= 11 is 0. The van der Waals surface area contributed by atoms with E-state index in [0.29, 0.717) is 33.8 Å². The maximum atomic E-state index is 13.2. The molecule has 164 valence electrons. The summed E-state index contributed by atoms with van der Waals surface area (Å²) in [6.45, 7) is -0.168. The van der Waals surface area contributed by atoms with E-state index < -0.39 is 29.4 Å². The first kappa shape index (κ1) is 21.6. The van der Waals surface area contributed by atoms with Gasteiger partial charge < -0.3 is 9.84 Å². The number of benzene rings is 3. The highest BCUT2D eigenvalue weighted by atomic mass is 32.2. The quantitative estimate of drug-likeness (QED) is 0.432. The van der Waals surface area contributed by atoms with Crippen molar-refractivity contribution in [2.75, 3.05) is 13.7 Å². The molecule has 3 aromatic carbocycles. The van der Waals surface area contributed by atoms with Crippen molar-refractivity contribution in [2.24, 2.45) is 0 Å². The van der Waals surface area contributed by atoms with Gasteiger partial charge in [0.15, 0.2) is 6.61 Å². The Balaban J connectivity index is 1.64. The molecular formula is C22H18FN3O5S. The first-order valence-corrected chi connectivity index (χ1v) is 10.6. The van der Waals surface area contributed by atoms with E-state index in [1.54, 1.807) is 41.7 Å². The van der Waals surface area contributed by atoms with Crippen LogP contribution in [0, 0.1) is 5.82 Å². The van der Waals surface area contributed by atoms with Crippen molar-refractivity contribution in [2.45, 2.75) is 11.4 Å². The van der Waals surface area contributed by atoms with Crippen molar-refractivity contribution in [1.29, 1.82) is 0 Å². The molecule has 0 radical (unpaired) electrons. The Hall–Kier alpha value is -3.63. The predicted octanol–water partition coefficient (Wildman–Crippen LogP) is 3.65. The molecule has 0 saturated carbocycles. The van der Waals surface area contributed by atoms with Crippen molar-refractivity contribution >= 4 is 28.0 Å². The van der Waals surface area contributed by atoms with Crippen LogP contribution in [-0.2, 0) is 22.3 Å². The molecule has 0 aliphatic rings. The molecule has 0 bridgehead atoms. The fourth-order valence-electron chi connectivity index (χ4n) is 3.16. The van der Waals surface area contributed by atoms with E-state index in [9.17, 15) is 13.4 Å². The predicted molar refractivity (Wildman–Crippen MR) is 115 cm³/mol. The van der Waals surface area contributed by atoms with Crippen LogP contribution in [0.25, 0.3) is 22.2 Å². The minimum Gasteiger partial charge on any atom is -0.481 e. The molecule has 0 spiro atoms. The summed E-state index contributed by atoms with van der Waals surface area (Å²) in [5.74, 6) is -1.10. The fraction of sp³-hybridized carbons (Fsp3) is 0.136. The van der Waals surface area contributed by atoms with Crippen LogP contribution in [-0.4, -0.2) is 43.6 Å². The molecule has 0 fully saturated rings. The standard InChI is InChI=1S/C22H18FN3O5S/c1-26(32(29)17-6-4-16(23)5-7-17)12-14-2-9-21(30-13-22(27)28)18(10-14)15-3-8-19-20(11-15)25-31-24-19/h2-11H,12-13H2,1H3,(H,27,28). The lowest BCUT2D eigenvalue weighted by molar-refractivity contribution is -0.139. The van der Waals surface area contributed by atoms with Crippen LogP contribution in [0.1, 0.15) is 5.56 Å². The zero-order chi connectivity index (χ0) is 22.7. The second-order valence-corrected chi connectivity index (χ2v) is 8.56. The van der Waals surface area contributed by atoms with Gasteiger partial charge in [-0.2, -0.15) is 0 Å². The molecule has 4 rings (SSSR count). The average molecular weight is 455 g/mol. The largest absolute Gasteiger partial charge is 0.481 e. The van der Waals surface area contributed by atoms with E-state index in [2.05, 4.69) is 10.3 Å². The monoisotopic (exact) mass is 455 g/mol. The smallest absolute Gasteiger partial charge is 0.341 e. The summed E-state index contributed by atoms with van der Waals surface area (Å²) in [5.41, 5.74) is 3.34. The van der Waals surface area contributed by atoms with Crippen molar-refractivity contribution in [1.82, 2.24) is 14.6 Å².